The molecule has 0 amide bonds. The number of aromatic amines is 1. The zero-order chi connectivity index (χ0) is 27.6. The van der Waals surface area contributed by atoms with Crippen LogP contribution >= 0.6 is 0 Å². The Balaban J connectivity index is 1.55. The fourth-order valence-corrected chi connectivity index (χ4v) is 5.29. The molecule has 2 heterocycles. The molecule has 0 bridgehead atoms. The molecule has 1 aliphatic heterocycles. The highest BCUT2D eigenvalue weighted by Crippen LogP contribution is 2.34. The SMILES string of the molecule is O=S(=O)(Nc1ccc2[nH]c(O)c(C(=Nc3ccc(CN4CCCCC4)cc3)c3ccccc3)c2c1)C(F)(F)F. The lowest BCUT2D eigenvalue weighted by atomic mass is 10.0. The van der Waals surface area contributed by atoms with E-state index in [4.69, 9.17) is 4.99 Å². The molecule has 3 aromatic carbocycles. The van der Waals surface area contributed by atoms with Gasteiger partial charge in [0.15, 0.2) is 5.88 Å². The average Bonchev–Trinajstić information content (AvgIpc) is 3.23. The van der Waals surface area contributed by atoms with E-state index < -0.39 is 15.5 Å². The van der Waals surface area contributed by atoms with Gasteiger partial charge in [-0.2, -0.15) is 21.6 Å². The van der Waals surface area contributed by atoms with Gasteiger partial charge in [-0.15, -0.1) is 0 Å². The van der Waals surface area contributed by atoms with Crippen molar-refractivity contribution < 1.29 is 26.7 Å². The Labute approximate surface area is 224 Å². The van der Waals surface area contributed by atoms with Gasteiger partial charge in [0.2, 0.25) is 0 Å². The molecule has 0 spiro atoms. The van der Waals surface area contributed by atoms with Crippen LogP contribution in [-0.2, 0) is 16.6 Å². The number of likely N-dealkylation sites (tertiary alicyclic amines) is 1. The first kappa shape index (κ1) is 26.8. The molecule has 1 aromatic heterocycles. The minimum atomic E-state index is -5.62. The summed E-state index contributed by atoms with van der Waals surface area (Å²) in [6, 6.07) is 20.7. The molecule has 0 atom stereocenters. The van der Waals surface area contributed by atoms with Crippen LogP contribution in [0.5, 0.6) is 5.88 Å². The second kappa shape index (κ2) is 10.7. The van der Waals surface area contributed by atoms with Crippen molar-refractivity contribution in [3.05, 3.63) is 89.5 Å². The monoisotopic (exact) mass is 556 g/mol. The van der Waals surface area contributed by atoms with Crippen LogP contribution in [0.25, 0.3) is 10.9 Å². The number of aromatic hydroxyl groups is 1. The van der Waals surface area contributed by atoms with E-state index in [-0.39, 0.29) is 17.1 Å². The zero-order valence-corrected chi connectivity index (χ0v) is 21.7. The van der Waals surface area contributed by atoms with Crippen molar-refractivity contribution in [3.63, 3.8) is 0 Å². The molecule has 4 aromatic rings. The number of aromatic nitrogens is 1. The Hall–Kier alpha value is -3.83. The Kier molecular flexibility index (Phi) is 7.37. The summed E-state index contributed by atoms with van der Waals surface area (Å²) < 4.78 is 63.8. The van der Waals surface area contributed by atoms with Crippen LogP contribution in [0.2, 0.25) is 0 Å². The number of halogens is 3. The van der Waals surface area contributed by atoms with Crippen LogP contribution in [0, 0.1) is 0 Å². The highest BCUT2D eigenvalue weighted by atomic mass is 32.2. The lowest BCUT2D eigenvalue weighted by molar-refractivity contribution is -0.0429. The van der Waals surface area contributed by atoms with Crippen LogP contribution in [0.15, 0.2) is 77.8 Å². The lowest BCUT2D eigenvalue weighted by Crippen LogP contribution is -2.29. The van der Waals surface area contributed by atoms with E-state index in [9.17, 15) is 26.7 Å². The number of anilines is 1. The van der Waals surface area contributed by atoms with Crippen LogP contribution in [0.3, 0.4) is 0 Å². The van der Waals surface area contributed by atoms with Crippen molar-refractivity contribution >= 4 is 38.0 Å². The summed E-state index contributed by atoms with van der Waals surface area (Å²) in [6.45, 7) is 3.02. The lowest BCUT2D eigenvalue weighted by Gasteiger charge is -2.26. The van der Waals surface area contributed by atoms with E-state index in [0.29, 0.717) is 27.9 Å². The molecule has 11 heteroatoms. The molecule has 1 fully saturated rings. The first-order chi connectivity index (χ1) is 18.6. The van der Waals surface area contributed by atoms with Gasteiger partial charge >= 0.3 is 15.5 Å². The predicted octanol–water partition coefficient (Wildman–Crippen LogP) is 6.29. The Morgan fingerprint density at radius 1 is 0.974 bits per heavy atom. The van der Waals surface area contributed by atoms with Crippen molar-refractivity contribution in [2.75, 3.05) is 17.8 Å². The minimum Gasteiger partial charge on any atom is -0.494 e. The van der Waals surface area contributed by atoms with Gasteiger partial charge in [0.25, 0.3) is 0 Å². The third kappa shape index (κ3) is 5.94. The van der Waals surface area contributed by atoms with Gasteiger partial charge in [0.1, 0.15) is 0 Å². The van der Waals surface area contributed by atoms with E-state index in [1.165, 1.54) is 37.5 Å². The number of alkyl halides is 3. The summed E-state index contributed by atoms with van der Waals surface area (Å²) in [7, 11) is -5.62. The second-order valence-corrected chi connectivity index (χ2v) is 11.2. The smallest absolute Gasteiger partial charge is 0.494 e. The highest BCUT2D eigenvalue weighted by Gasteiger charge is 2.46. The third-order valence-electron chi connectivity index (χ3n) is 6.65. The number of fused-ring (bicyclic) bond motifs is 1. The van der Waals surface area contributed by atoms with Gasteiger partial charge in [-0.1, -0.05) is 48.9 Å². The molecule has 1 saturated heterocycles. The summed E-state index contributed by atoms with van der Waals surface area (Å²) >= 11 is 0. The van der Waals surface area contributed by atoms with Gasteiger partial charge in [-0.25, -0.2) is 4.99 Å². The van der Waals surface area contributed by atoms with Gasteiger partial charge in [-0.05, 0) is 61.8 Å². The maximum absolute atomic E-state index is 12.9. The molecule has 5 rings (SSSR count). The number of aliphatic imine (C=N–C) groups is 1. The number of hydrogen-bond acceptors (Lipinski definition) is 5. The zero-order valence-electron chi connectivity index (χ0n) is 20.9. The predicted molar refractivity (Wildman–Crippen MR) is 146 cm³/mol. The molecule has 0 unspecified atom stereocenters. The average molecular weight is 557 g/mol. The van der Waals surface area contributed by atoms with Crippen molar-refractivity contribution in [3.8, 4) is 5.88 Å². The maximum atomic E-state index is 12.9. The van der Waals surface area contributed by atoms with Crippen molar-refractivity contribution in [2.24, 2.45) is 4.99 Å². The number of H-pyrrole nitrogens is 1. The maximum Gasteiger partial charge on any atom is 0.516 e. The standard InChI is InChI=1S/C28H27F3N4O3S/c29-28(30,31)39(37,38)34-22-13-14-24-23(17-22)25(27(36)33-24)26(20-7-3-1-4-8-20)32-21-11-9-19(10-12-21)18-35-15-5-2-6-16-35/h1,3-4,7-14,17,33-34,36H,2,5-6,15-16,18H2. The molecule has 204 valence electrons. The quantitative estimate of drug-likeness (QED) is 0.233. The number of piperidine rings is 1. The van der Waals surface area contributed by atoms with Gasteiger partial charge in [0, 0.05) is 28.7 Å². The number of benzene rings is 3. The van der Waals surface area contributed by atoms with Gasteiger partial charge < -0.3 is 10.1 Å². The van der Waals surface area contributed by atoms with Crippen molar-refractivity contribution in [1.82, 2.24) is 9.88 Å². The largest absolute Gasteiger partial charge is 0.516 e. The summed E-state index contributed by atoms with van der Waals surface area (Å²) in [4.78, 5) is 10.0. The molecule has 39 heavy (non-hydrogen) atoms. The first-order valence-corrected chi connectivity index (χ1v) is 14.0. The number of nitrogens with zero attached hydrogens (tertiary/aromatic N) is 2. The third-order valence-corrected chi connectivity index (χ3v) is 7.77. The van der Waals surface area contributed by atoms with Crippen molar-refractivity contribution in [1.29, 1.82) is 0 Å². The van der Waals surface area contributed by atoms with Crippen LogP contribution < -0.4 is 4.72 Å². The van der Waals surface area contributed by atoms with Crippen LogP contribution in [0.4, 0.5) is 24.5 Å². The molecule has 1 aliphatic rings. The molecule has 3 N–H and O–H groups in total. The normalized spacial score (nSPS) is 15.5. The van der Waals surface area contributed by atoms with Crippen LogP contribution in [-0.4, -0.2) is 47.7 Å². The Morgan fingerprint density at radius 2 is 1.67 bits per heavy atom. The summed E-state index contributed by atoms with van der Waals surface area (Å²) in [5.41, 5.74) is -2.31. The molecular formula is C28H27F3N4O3S. The van der Waals surface area contributed by atoms with E-state index >= 15 is 0 Å². The molecule has 0 radical (unpaired) electrons. The number of nitrogens with one attached hydrogen (secondary N) is 2. The Morgan fingerprint density at radius 3 is 2.33 bits per heavy atom. The van der Waals surface area contributed by atoms with E-state index in [0.717, 1.165) is 25.2 Å². The van der Waals surface area contributed by atoms with Gasteiger partial charge in [0.05, 0.1) is 17.0 Å². The van der Waals surface area contributed by atoms with Gasteiger partial charge in [-0.3, -0.25) is 9.62 Å². The summed E-state index contributed by atoms with van der Waals surface area (Å²) in [5.74, 6) is -0.245. The van der Waals surface area contributed by atoms with Crippen LogP contribution in [0.1, 0.15) is 36.0 Å². The Bertz CT molecular complexity index is 1590. The van der Waals surface area contributed by atoms with Crippen molar-refractivity contribution in [2.45, 2.75) is 31.3 Å². The molecular weight excluding hydrogens is 529 g/mol. The van der Waals surface area contributed by atoms with E-state index in [1.54, 1.807) is 29.0 Å². The highest BCUT2D eigenvalue weighted by molar-refractivity contribution is 7.93. The molecule has 0 aliphatic carbocycles. The molecule has 7 nitrogen and oxygen atoms in total. The minimum absolute atomic E-state index is 0.238. The van der Waals surface area contributed by atoms with E-state index in [2.05, 4.69) is 9.88 Å². The van der Waals surface area contributed by atoms with E-state index in [1.807, 2.05) is 30.3 Å². The number of hydrogen-bond donors (Lipinski definition) is 3. The fraction of sp³-hybridized carbons (Fsp3) is 0.250. The fourth-order valence-electron chi connectivity index (χ4n) is 4.74. The second-order valence-electron chi connectivity index (χ2n) is 9.49. The number of sulfonamides is 1. The topological polar surface area (TPSA) is 97.8 Å². The first-order valence-electron chi connectivity index (χ1n) is 12.5. The molecule has 0 saturated carbocycles. The summed E-state index contributed by atoms with van der Waals surface area (Å²) in [6.07, 6.45) is 3.68. The summed E-state index contributed by atoms with van der Waals surface area (Å²) in [5, 5.41) is 11.2. The number of rotatable bonds is 7.